The number of rotatable bonds is 6. The molecule has 0 aliphatic rings. The molecule has 5 heteroatoms. The maximum atomic E-state index is 11.3. The zero-order valence-corrected chi connectivity index (χ0v) is 8.99. The fourth-order valence-corrected chi connectivity index (χ4v) is 1.09. The summed E-state index contributed by atoms with van der Waals surface area (Å²) in [6, 6.07) is 0.904. The Morgan fingerprint density at radius 3 is 2.47 bits per heavy atom. The summed E-state index contributed by atoms with van der Waals surface area (Å²) in [5.74, 6) is -1.19. The van der Waals surface area contributed by atoms with Crippen molar-refractivity contribution in [3.8, 4) is 6.07 Å². The molecule has 5 nitrogen and oxygen atoms in total. The van der Waals surface area contributed by atoms with Crippen LogP contribution in [-0.4, -0.2) is 23.0 Å². The number of hydrogen-bond acceptors (Lipinski definition) is 3. The topological polar surface area (TPSA) is 90.2 Å². The van der Waals surface area contributed by atoms with E-state index < -0.39 is 12.0 Å². The minimum Gasteiger partial charge on any atom is -0.480 e. The number of amides is 1. The van der Waals surface area contributed by atoms with E-state index in [4.69, 9.17) is 10.4 Å². The number of carbonyl (C=O) groups excluding carboxylic acids is 1. The summed E-state index contributed by atoms with van der Waals surface area (Å²) >= 11 is 0. The summed E-state index contributed by atoms with van der Waals surface area (Å²) in [6.07, 6.45) is 0.574. The molecule has 0 aromatic heterocycles. The Hall–Kier alpha value is -1.57. The third kappa shape index (κ3) is 6.49. The molecule has 0 aromatic carbocycles. The van der Waals surface area contributed by atoms with E-state index in [1.54, 1.807) is 0 Å². The molecule has 0 saturated carbocycles. The average Bonchev–Trinajstić information content (AvgIpc) is 2.10. The van der Waals surface area contributed by atoms with Gasteiger partial charge in [-0.05, 0) is 12.3 Å². The number of carboxylic acids is 1. The van der Waals surface area contributed by atoms with Crippen LogP contribution in [0.15, 0.2) is 0 Å². The van der Waals surface area contributed by atoms with Crippen LogP contribution >= 0.6 is 0 Å². The van der Waals surface area contributed by atoms with E-state index in [1.165, 1.54) is 0 Å². The molecule has 1 amide bonds. The number of hydrogen-bond donors (Lipinski definition) is 2. The molecule has 0 fully saturated rings. The number of aliphatic carboxylic acids is 1. The van der Waals surface area contributed by atoms with Crippen molar-refractivity contribution in [1.82, 2.24) is 5.32 Å². The summed E-state index contributed by atoms with van der Waals surface area (Å²) in [5.41, 5.74) is 0. The van der Waals surface area contributed by atoms with Gasteiger partial charge in [-0.1, -0.05) is 13.8 Å². The van der Waals surface area contributed by atoms with Gasteiger partial charge in [0.1, 0.15) is 6.04 Å². The fourth-order valence-electron chi connectivity index (χ4n) is 1.09. The highest BCUT2D eigenvalue weighted by atomic mass is 16.4. The monoisotopic (exact) mass is 212 g/mol. The molecule has 0 radical (unpaired) electrons. The normalized spacial score (nSPS) is 11.9. The maximum absolute atomic E-state index is 11.3. The summed E-state index contributed by atoms with van der Waals surface area (Å²) in [7, 11) is 0. The SMILES string of the molecule is CC(C)CC(=O)N[C@@H](CCC#N)C(=O)O. The first-order valence-electron chi connectivity index (χ1n) is 4.86. The summed E-state index contributed by atoms with van der Waals surface area (Å²) < 4.78 is 0. The van der Waals surface area contributed by atoms with Crippen LogP contribution in [0.25, 0.3) is 0 Å². The minimum absolute atomic E-state index is 0.124. The van der Waals surface area contributed by atoms with Crippen molar-refractivity contribution in [2.45, 2.75) is 39.2 Å². The van der Waals surface area contributed by atoms with E-state index in [-0.39, 0.29) is 24.7 Å². The third-order valence-electron chi connectivity index (χ3n) is 1.77. The van der Waals surface area contributed by atoms with Crippen LogP contribution in [0.5, 0.6) is 0 Å². The van der Waals surface area contributed by atoms with Gasteiger partial charge in [-0.2, -0.15) is 5.26 Å². The highest BCUT2D eigenvalue weighted by Crippen LogP contribution is 2.02. The Balaban J connectivity index is 4.11. The Morgan fingerprint density at radius 1 is 1.47 bits per heavy atom. The molecule has 0 aliphatic heterocycles. The lowest BCUT2D eigenvalue weighted by Crippen LogP contribution is -2.41. The predicted octanol–water partition coefficient (Wildman–Crippen LogP) is 0.906. The maximum Gasteiger partial charge on any atom is 0.326 e. The Kier molecular flexibility index (Phi) is 6.11. The molecule has 0 unspecified atom stereocenters. The zero-order valence-electron chi connectivity index (χ0n) is 8.99. The molecule has 0 aromatic rings. The first-order valence-corrected chi connectivity index (χ1v) is 4.86. The Morgan fingerprint density at radius 2 is 2.07 bits per heavy atom. The lowest BCUT2D eigenvalue weighted by atomic mass is 10.1. The van der Waals surface area contributed by atoms with E-state index in [0.29, 0.717) is 6.42 Å². The summed E-state index contributed by atoms with van der Waals surface area (Å²) in [5, 5.41) is 19.5. The summed E-state index contributed by atoms with van der Waals surface area (Å²) in [6.45, 7) is 3.76. The summed E-state index contributed by atoms with van der Waals surface area (Å²) in [4.78, 5) is 22.0. The number of carboxylic acid groups (broad SMARTS) is 1. The quantitative estimate of drug-likeness (QED) is 0.684. The van der Waals surface area contributed by atoms with Crippen molar-refractivity contribution in [1.29, 1.82) is 5.26 Å². The standard InChI is InChI=1S/C10H16N2O3/c1-7(2)6-9(13)12-8(10(14)15)4-3-5-11/h7-8H,3-4,6H2,1-2H3,(H,12,13)(H,14,15)/t8-/m0/s1. The lowest BCUT2D eigenvalue weighted by Gasteiger charge is -2.13. The fraction of sp³-hybridized carbons (Fsp3) is 0.700. The van der Waals surface area contributed by atoms with E-state index in [1.807, 2.05) is 19.9 Å². The number of nitriles is 1. The van der Waals surface area contributed by atoms with Gasteiger partial charge in [-0.25, -0.2) is 4.79 Å². The molecule has 1 atom stereocenters. The average molecular weight is 212 g/mol. The van der Waals surface area contributed by atoms with E-state index >= 15 is 0 Å². The number of carbonyl (C=O) groups is 2. The van der Waals surface area contributed by atoms with Crippen LogP contribution in [-0.2, 0) is 9.59 Å². The molecule has 0 aliphatic carbocycles. The molecular formula is C10H16N2O3. The van der Waals surface area contributed by atoms with Gasteiger partial charge in [0.2, 0.25) is 5.91 Å². The first kappa shape index (κ1) is 13.4. The van der Waals surface area contributed by atoms with Crippen LogP contribution in [0.4, 0.5) is 0 Å². The number of nitrogens with one attached hydrogen (secondary N) is 1. The van der Waals surface area contributed by atoms with Crippen molar-refractivity contribution < 1.29 is 14.7 Å². The van der Waals surface area contributed by atoms with Crippen LogP contribution in [0.3, 0.4) is 0 Å². The Labute approximate surface area is 89.1 Å². The lowest BCUT2D eigenvalue weighted by molar-refractivity contribution is -0.142. The van der Waals surface area contributed by atoms with E-state index in [9.17, 15) is 9.59 Å². The van der Waals surface area contributed by atoms with Gasteiger partial charge < -0.3 is 10.4 Å². The van der Waals surface area contributed by atoms with Gasteiger partial charge in [-0.3, -0.25) is 4.79 Å². The molecule has 15 heavy (non-hydrogen) atoms. The van der Waals surface area contributed by atoms with Crippen molar-refractivity contribution in [2.75, 3.05) is 0 Å². The highest BCUT2D eigenvalue weighted by Gasteiger charge is 2.19. The van der Waals surface area contributed by atoms with Crippen molar-refractivity contribution in [3.05, 3.63) is 0 Å². The second kappa shape index (κ2) is 6.82. The third-order valence-corrected chi connectivity index (χ3v) is 1.77. The smallest absolute Gasteiger partial charge is 0.326 e. The van der Waals surface area contributed by atoms with Crippen LogP contribution in [0.2, 0.25) is 0 Å². The molecule has 0 heterocycles. The molecule has 2 N–H and O–H groups in total. The van der Waals surface area contributed by atoms with Gasteiger partial charge in [0.25, 0.3) is 0 Å². The van der Waals surface area contributed by atoms with Gasteiger partial charge in [0, 0.05) is 12.8 Å². The van der Waals surface area contributed by atoms with Crippen LogP contribution < -0.4 is 5.32 Å². The number of nitrogens with zero attached hydrogens (tertiary/aromatic N) is 1. The van der Waals surface area contributed by atoms with Gasteiger partial charge in [-0.15, -0.1) is 0 Å². The molecule has 0 spiro atoms. The van der Waals surface area contributed by atoms with Gasteiger partial charge >= 0.3 is 5.97 Å². The van der Waals surface area contributed by atoms with Crippen molar-refractivity contribution in [2.24, 2.45) is 5.92 Å². The Bertz CT molecular complexity index is 268. The molecular weight excluding hydrogens is 196 g/mol. The van der Waals surface area contributed by atoms with E-state index in [2.05, 4.69) is 5.32 Å². The van der Waals surface area contributed by atoms with Crippen molar-refractivity contribution in [3.63, 3.8) is 0 Å². The van der Waals surface area contributed by atoms with Crippen LogP contribution in [0.1, 0.15) is 33.1 Å². The van der Waals surface area contributed by atoms with Crippen LogP contribution in [0, 0.1) is 17.2 Å². The second-order valence-electron chi connectivity index (χ2n) is 3.75. The predicted molar refractivity (Wildman–Crippen MR) is 53.9 cm³/mol. The molecule has 0 saturated heterocycles. The van der Waals surface area contributed by atoms with E-state index in [0.717, 1.165) is 0 Å². The van der Waals surface area contributed by atoms with Gasteiger partial charge in [0.15, 0.2) is 0 Å². The van der Waals surface area contributed by atoms with Crippen molar-refractivity contribution >= 4 is 11.9 Å². The molecule has 0 rings (SSSR count). The zero-order chi connectivity index (χ0) is 11.8. The molecule has 84 valence electrons. The largest absolute Gasteiger partial charge is 0.480 e. The highest BCUT2D eigenvalue weighted by molar-refractivity contribution is 5.83. The molecule has 0 bridgehead atoms. The first-order chi connectivity index (χ1) is 6.97. The minimum atomic E-state index is -1.10. The van der Waals surface area contributed by atoms with Gasteiger partial charge in [0.05, 0.1) is 6.07 Å². The second-order valence-corrected chi connectivity index (χ2v) is 3.75.